The fourth-order valence-electron chi connectivity index (χ4n) is 3.37. The van der Waals surface area contributed by atoms with Gasteiger partial charge < -0.3 is 11.1 Å². The fourth-order valence-corrected chi connectivity index (χ4v) is 3.62. The van der Waals surface area contributed by atoms with E-state index in [0.29, 0.717) is 4.99 Å². The molecular formula is C15H26N4S. The third kappa shape index (κ3) is 3.51. The van der Waals surface area contributed by atoms with Gasteiger partial charge in [-0.05, 0) is 31.6 Å². The average Bonchev–Trinajstić information content (AvgIpc) is 2.64. The minimum absolute atomic E-state index is 0.421. The highest BCUT2D eigenvalue weighted by Crippen LogP contribution is 2.30. The minimum atomic E-state index is 0.421. The molecule has 2 rings (SSSR count). The van der Waals surface area contributed by atoms with Crippen LogP contribution in [-0.4, -0.2) is 21.3 Å². The van der Waals surface area contributed by atoms with E-state index in [-0.39, 0.29) is 0 Å². The van der Waals surface area contributed by atoms with E-state index in [4.69, 9.17) is 18.0 Å². The van der Waals surface area contributed by atoms with Crippen molar-refractivity contribution < 1.29 is 0 Å². The van der Waals surface area contributed by atoms with Gasteiger partial charge in [0.25, 0.3) is 0 Å². The zero-order valence-corrected chi connectivity index (χ0v) is 13.6. The van der Waals surface area contributed by atoms with Gasteiger partial charge in [-0.2, -0.15) is 5.10 Å². The predicted molar refractivity (Wildman–Crippen MR) is 88.1 cm³/mol. The topological polar surface area (TPSA) is 55.9 Å². The monoisotopic (exact) mass is 294 g/mol. The second kappa shape index (κ2) is 6.57. The number of hydrogen-bond acceptors (Lipinski definition) is 3. The van der Waals surface area contributed by atoms with E-state index in [1.807, 2.05) is 18.7 Å². The maximum atomic E-state index is 5.80. The lowest BCUT2D eigenvalue weighted by Gasteiger charge is -2.26. The summed E-state index contributed by atoms with van der Waals surface area (Å²) in [5.41, 5.74) is 7.59. The van der Waals surface area contributed by atoms with Crippen LogP contribution in [0.1, 0.15) is 50.3 Å². The molecular weight excluding hydrogens is 268 g/mol. The number of thiocarbonyl (C=S) groups is 1. The molecule has 2 unspecified atom stereocenters. The maximum Gasteiger partial charge on any atom is 0.134 e. The summed E-state index contributed by atoms with van der Waals surface area (Å²) in [7, 11) is 1.93. The Hall–Kier alpha value is -1.10. The lowest BCUT2D eigenvalue weighted by Crippen LogP contribution is -2.19. The molecule has 4 nitrogen and oxygen atoms in total. The summed E-state index contributed by atoms with van der Waals surface area (Å²) in [5.74, 6) is 2.70. The van der Waals surface area contributed by atoms with Gasteiger partial charge in [-0.1, -0.05) is 38.4 Å². The van der Waals surface area contributed by atoms with Crippen molar-refractivity contribution in [2.75, 3.05) is 11.9 Å². The Morgan fingerprint density at radius 2 is 2.25 bits per heavy atom. The Morgan fingerprint density at radius 1 is 1.50 bits per heavy atom. The van der Waals surface area contributed by atoms with Crippen LogP contribution in [0.2, 0.25) is 0 Å². The molecule has 0 aromatic carbocycles. The molecule has 0 radical (unpaired) electrons. The molecule has 5 heteroatoms. The quantitative estimate of drug-likeness (QED) is 0.820. The highest BCUT2D eigenvalue weighted by Gasteiger charge is 2.19. The zero-order chi connectivity index (χ0) is 14.7. The maximum absolute atomic E-state index is 5.80. The number of nitrogens with zero attached hydrogens (tertiary/aromatic N) is 2. The molecule has 1 saturated carbocycles. The average molecular weight is 294 g/mol. The summed E-state index contributed by atoms with van der Waals surface area (Å²) in [6, 6.07) is 0. The first kappa shape index (κ1) is 15.3. The van der Waals surface area contributed by atoms with Crippen LogP contribution in [-0.2, 0) is 7.05 Å². The van der Waals surface area contributed by atoms with Gasteiger partial charge >= 0.3 is 0 Å². The smallest absolute Gasteiger partial charge is 0.134 e. The van der Waals surface area contributed by atoms with Gasteiger partial charge in [-0.3, -0.25) is 4.68 Å². The molecule has 0 saturated heterocycles. The van der Waals surface area contributed by atoms with E-state index in [0.717, 1.165) is 35.5 Å². The lowest BCUT2D eigenvalue weighted by atomic mass is 9.81. The SMILES string of the molecule is Cc1nn(C)c(NCCC2CCCC(C)C2)c1C(N)=S. The van der Waals surface area contributed by atoms with E-state index >= 15 is 0 Å². The van der Waals surface area contributed by atoms with Gasteiger partial charge in [0.05, 0.1) is 11.3 Å². The molecule has 0 aliphatic heterocycles. The van der Waals surface area contributed by atoms with Crippen molar-refractivity contribution in [1.82, 2.24) is 9.78 Å². The van der Waals surface area contributed by atoms with Crippen LogP contribution >= 0.6 is 12.2 Å². The van der Waals surface area contributed by atoms with Crippen LogP contribution in [0.4, 0.5) is 5.82 Å². The van der Waals surface area contributed by atoms with Crippen LogP contribution in [0.25, 0.3) is 0 Å². The predicted octanol–water partition coefficient (Wildman–Crippen LogP) is 2.99. The molecule has 1 fully saturated rings. The second-order valence-corrected chi connectivity index (χ2v) is 6.59. The van der Waals surface area contributed by atoms with E-state index < -0.39 is 0 Å². The Morgan fingerprint density at radius 3 is 2.90 bits per heavy atom. The van der Waals surface area contributed by atoms with Gasteiger partial charge in [-0.25, -0.2) is 0 Å². The van der Waals surface area contributed by atoms with Crippen molar-refractivity contribution in [3.05, 3.63) is 11.3 Å². The van der Waals surface area contributed by atoms with Crippen molar-refractivity contribution in [3.8, 4) is 0 Å². The Labute approximate surface area is 127 Å². The van der Waals surface area contributed by atoms with Gasteiger partial charge in [0.2, 0.25) is 0 Å². The minimum Gasteiger partial charge on any atom is -0.389 e. The summed E-state index contributed by atoms with van der Waals surface area (Å²) in [6.07, 6.45) is 6.74. The number of nitrogens with one attached hydrogen (secondary N) is 1. The van der Waals surface area contributed by atoms with Crippen molar-refractivity contribution in [2.24, 2.45) is 24.6 Å². The summed E-state index contributed by atoms with van der Waals surface area (Å²) < 4.78 is 1.84. The number of anilines is 1. The number of rotatable bonds is 5. The van der Waals surface area contributed by atoms with Crippen molar-refractivity contribution in [1.29, 1.82) is 0 Å². The molecule has 0 spiro atoms. The first-order chi connectivity index (χ1) is 9.49. The second-order valence-electron chi connectivity index (χ2n) is 6.15. The molecule has 3 N–H and O–H groups in total. The van der Waals surface area contributed by atoms with Gasteiger partial charge in [-0.15, -0.1) is 0 Å². The first-order valence-electron chi connectivity index (χ1n) is 7.56. The molecule has 0 amide bonds. The lowest BCUT2D eigenvalue weighted by molar-refractivity contribution is 0.274. The number of aromatic nitrogens is 2. The van der Waals surface area contributed by atoms with Crippen LogP contribution in [0.15, 0.2) is 0 Å². The van der Waals surface area contributed by atoms with Gasteiger partial charge in [0.15, 0.2) is 0 Å². The third-order valence-electron chi connectivity index (χ3n) is 4.36. The van der Waals surface area contributed by atoms with E-state index in [2.05, 4.69) is 17.3 Å². The molecule has 1 aliphatic carbocycles. The van der Waals surface area contributed by atoms with Crippen molar-refractivity contribution >= 4 is 23.0 Å². The van der Waals surface area contributed by atoms with E-state index in [1.54, 1.807) is 0 Å². The Balaban J connectivity index is 1.92. The Kier molecular flexibility index (Phi) is 5.02. The molecule has 20 heavy (non-hydrogen) atoms. The molecule has 1 aliphatic rings. The summed E-state index contributed by atoms with van der Waals surface area (Å²) in [6.45, 7) is 5.28. The molecule has 0 bridgehead atoms. The van der Waals surface area contributed by atoms with Crippen LogP contribution < -0.4 is 11.1 Å². The molecule has 1 heterocycles. The molecule has 2 atom stereocenters. The Bertz CT molecular complexity index is 480. The zero-order valence-electron chi connectivity index (χ0n) is 12.8. The number of nitrogens with two attached hydrogens (primary N) is 1. The van der Waals surface area contributed by atoms with Crippen LogP contribution in [0.3, 0.4) is 0 Å². The normalized spacial score (nSPS) is 22.8. The van der Waals surface area contributed by atoms with Gasteiger partial charge in [0, 0.05) is 13.6 Å². The van der Waals surface area contributed by atoms with Gasteiger partial charge in [0.1, 0.15) is 10.8 Å². The molecule has 1 aromatic heterocycles. The third-order valence-corrected chi connectivity index (χ3v) is 4.56. The van der Waals surface area contributed by atoms with E-state index in [1.165, 1.54) is 32.1 Å². The van der Waals surface area contributed by atoms with Crippen molar-refractivity contribution in [3.63, 3.8) is 0 Å². The number of hydrogen-bond donors (Lipinski definition) is 2. The van der Waals surface area contributed by atoms with Crippen LogP contribution in [0, 0.1) is 18.8 Å². The molecule has 112 valence electrons. The molecule has 1 aromatic rings. The number of aryl methyl sites for hydroxylation is 2. The standard InChI is InChI=1S/C15H26N4S/c1-10-5-4-6-12(9-10)7-8-17-15-13(14(16)20)11(2)18-19(15)3/h10,12,17H,4-9H2,1-3H3,(H2,16,20). The van der Waals surface area contributed by atoms with E-state index in [9.17, 15) is 0 Å². The first-order valence-corrected chi connectivity index (χ1v) is 7.97. The summed E-state index contributed by atoms with van der Waals surface area (Å²) in [4.78, 5) is 0.421. The fraction of sp³-hybridized carbons (Fsp3) is 0.733. The largest absolute Gasteiger partial charge is 0.389 e. The highest BCUT2D eigenvalue weighted by atomic mass is 32.1. The highest BCUT2D eigenvalue weighted by molar-refractivity contribution is 7.80. The summed E-state index contributed by atoms with van der Waals surface area (Å²) >= 11 is 5.13. The van der Waals surface area contributed by atoms with Crippen molar-refractivity contribution in [2.45, 2.75) is 46.0 Å². The van der Waals surface area contributed by atoms with Crippen LogP contribution in [0.5, 0.6) is 0 Å². The summed E-state index contributed by atoms with van der Waals surface area (Å²) in [5, 5.41) is 7.88.